The molecule has 1 rings (SSSR count). The first kappa shape index (κ1) is 17.3. The van der Waals surface area contributed by atoms with Gasteiger partial charge in [0.1, 0.15) is 5.69 Å². The number of alkyl halides is 5. The fourth-order valence-corrected chi connectivity index (χ4v) is 2.11. The molecule has 0 aliphatic rings. The third-order valence-corrected chi connectivity index (χ3v) is 2.99. The van der Waals surface area contributed by atoms with Crippen LogP contribution in [0.15, 0.2) is 11.1 Å². The number of nitrogens with zero attached hydrogens (tertiary/aromatic N) is 2. The lowest BCUT2D eigenvalue weighted by molar-refractivity contribution is -0.392. The van der Waals surface area contributed by atoms with Crippen LogP contribution in [0.5, 0.6) is 5.75 Å². The molecule has 21 heavy (non-hydrogen) atoms. The number of rotatable bonds is 4. The number of nitro groups is 1. The molecule has 0 amide bonds. The van der Waals surface area contributed by atoms with Crippen molar-refractivity contribution in [3.05, 3.63) is 21.9 Å². The van der Waals surface area contributed by atoms with Gasteiger partial charge in [0, 0.05) is 16.7 Å². The molecule has 0 aromatic carbocycles. The second-order valence-corrected chi connectivity index (χ2v) is 5.72. The van der Waals surface area contributed by atoms with E-state index in [2.05, 4.69) is 9.72 Å². The molecule has 7 nitrogen and oxygen atoms in total. The zero-order valence-corrected chi connectivity index (χ0v) is 10.8. The minimum atomic E-state index is -5.49. The summed E-state index contributed by atoms with van der Waals surface area (Å²) in [6, 6.07) is -0.0954. The van der Waals surface area contributed by atoms with Crippen LogP contribution in [0.25, 0.3) is 0 Å². The summed E-state index contributed by atoms with van der Waals surface area (Å²) in [5.41, 5.74) is -3.29. The maximum Gasteiger partial charge on any atom is 0.573 e. The average Bonchev–Trinajstić information content (AvgIpc) is 2.23. The molecule has 1 aromatic heterocycles. The van der Waals surface area contributed by atoms with Gasteiger partial charge in [-0.3, -0.25) is 10.1 Å². The zero-order chi connectivity index (χ0) is 16.6. The number of hydrogen-bond acceptors (Lipinski definition) is 6. The van der Waals surface area contributed by atoms with Gasteiger partial charge in [0.05, 0.1) is 4.92 Å². The second kappa shape index (κ2) is 5.55. The first-order valence-corrected chi connectivity index (χ1v) is 6.81. The summed E-state index contributed by atoms with van der Waals surface area (Å²) in [7, 11) is -0.323. The zero-order valence-electron chi connectivity index (χ0n) is 9.27. The van der Waals surface area contributed by atoms with Crippen molar-refractivity contribution in [2.75, 3.05) is 0 Å². The lowest BCUT2D eigenvalue weighted by Crippen LogP contribution is -2.19. The number of hydrogen-bond donors (Lipinski definition) is 0. The molecule has 0 unspecified atom stereocenters. The number of ether oxygens (including phenoxy) is 1. The van der Waals surface area contributed by atoms with Gasteiger partial charge in [0.2, 0.25) is 5.75 Å². The average molecular weight is 357 g/mol. The standard InChI is InChI=1S/C7H2ClF5N2O5S/c8-21(18,19)6-4(15(16)17)3(20-7(11,12)13)1-2(14-6)5(9)10/h1,5H. The molecule has 1 heterocycles. The van der Waals surface area contributed by atoms with Crippen molar-refractivity contribution in [1.29, 1.82) is 0 Å². The topological polar surface area (TPSA) is 99.4 Å². The third kappa shape index (κ3) is 4.35. The Morgan fingerprint density at radius 1 is 1.38 bits per heavy atom. The fourth-order valence-electron chi connectivity index (χ4n) is 1.16. The van der Waals surface area contributed by atoms with Crippen LogP contribution >= 0.6 is 10.7 Å². The van der Waals surface area contributed by atoms with Crippen LogP contribution in [0.2, 0.25) is 0 Å². The lowest BCUT2D eigenvalue weighted by atomic mass is 10.3. The minimum Gasteiger partial charge on any atom is -0.398 e. The van der Waals surface area contributed by atoms with Gasteiger partial charge in [-0.15, -0.1) is 13.2 Å². The second-order valence-electron chi connectivity index (χ2n) is 3.24. The monoisotopic (exact) mass is 356 g/mol. The van der Waals surface area contributed by atoms with Crippen molar-refractivity contribution < 1.29 is 40.0 Å². The van der Waals surface area contributed by atoms with Crippen LogP contribution in [-0.4, -0.2) is 24.7 Å². The predicted molar refractivity (Wildman–Crippen MR) is 55.6 cm³/mol. The smallest absolute Gasteiger partial charge is 0.398 e. The van der Waals surface area contributed by atoms with Crippen LogP contribution in [0, 0.1) is 10.1 Å². The number of pyridine rings is 1. The molecule has 0 aliphatic heterocycles. The summed E-state index contributed by atoms with van der Waals surface area (Å²) in [5.74, 6) is -1.77. The van der Waals surface area contributed by atoms with Gasteiger partial charge in [0.15, 0.2) is 0 Å². The highest BCUT2D eigenvalue weighted by Gasteiger charge is 2.39. The summed E-state index contributed by atoms with van der Waals surface area (Å²) in [5, 5.41) is 8.89. The molecule has 0 atom stereocenters. The molecule has 0 N–H and O–H groups in total. The van der Waals surface area contributed by atoms with Crippen molar-refractivity contribution in [1.82, 2.24) is 4.98 Å². The number of halogens is 6. The molecule has 0 radical (unpaired) electrons. The van der Waals surface area contributed by atoms with Crippen molar-refractivity contribution in [3.63, 3.8) is 0 Å². The normalized spacial score (nSPS) is 12.5. The Hall–Kier alpha value is -1.76. The SMILES string of the molecule is O=[N+]([O-])c1c(OC(F)(F)F)cc(C(F)F)nc1S(=O)(=O)Cl. The minimum absolute atomic E-state index is 0.0954. The molecular formula is C7H2ClF5N2O5S. The van der Waals surface area contributed by atoms with E-state index >= 15 is 0 Å². The first-order chi connectivity index (χ1) is 9.33. The van der Waals surface area contributed by atoms with Crippen LogP contribution in [0.3, 0.4) is 0 Å². The van der Waals surface area contributed by atoms with Gasteiger partial charge in [-0.2, -0.15) is 0 Å². The largest absolute Gasteiger partial charge is 0.573 e. The van der Waals surface area contributed by atoms with Crippen molar-refractivity contribution >= 4 is 25.4 Å². The van der Waals surface area contributed by atoms with E-state index in [-0.39, 0.29) is 6.07 Å². The predicted octanol–water partition coefficient (Wildman–Crippen LogP) is 2.75. The molecule has 118 valence electrons. The Kier molecular flexibility index (Phi) is 4.57. The van der Waals surface area contributed by atoms with E-state index in [1.165, 1.54) is 0 Å². The van der Waals surface area contributed by atoms with E-state index in [9.17, 15) is 40.5 Å². The van der Waals surface area contributed by atoms with E-state index < -0.39 is 48.9 Å². The van der Waals surface area contributed by atoms with E-state index in [4.69, 9.17) is 10.7 Å². The maximum atomic E-state index is 12.5. The highest BCUT2D eigenvalue weighted by Crippen LogP contribution is 2.39. The fraction of sp³-hybridized carbons (Fsp3) is 0.286. The lowest BCUT2D eigenvalue weighted by Gasteiger charge is -2.11. The van der Waals surface area contributed by atoms with Gasteiger partial charge in [0.25, 0.3) is 20.5 Å². The molecule has 14 heteroatoms. The van der Waals surface area contributed by atoms with E-state index in [1.54, 1.807) is 0 Å². The molecular weight excluding hydrogens is 355 g/mol. The van der Waals surface area contributed by atoms with Gasteiger partial charge >= 0.3 is 12.0 Å². The van der Waals surface area contributed by atoms with E-state index in [0.717, 1.165) is 0 Å². The summed E-state index contributed by atoms with van der Waals surface area (Å²) < 4.78 is 86.6. The Bertz CT molecular complexity index is 677. The Balaban J connectivity index is 3.74. The Morgan fingerprint density at radius 3 is 2.24 bits per heavy atom. The van der Waals surface area contributed by atoms with Crippen LogP contribution in [0.4, 0.5) is 27.6 Å². The quantitative estimate of drug-likeness (QED) is 0.356. The van der Waals surface area contributed by atoms with Crippen molar-refractivity contribution in [2.45, 2.75) is 17.8 Å². The Labute approximate surface area is 116 Å². The molecule has 0 aliphatic carbocycles. The van der Waals surface area contributed by atoms with E-state index in [0.29, 0.717) is 0 Å². The Morgan fingerprint density at radius 2 is 1.90 bits per heavy atom. The van der Waals surface area contributed by atoms with Gasteiger partial charge in [-0.05, 0) is 0 Å². The third-order valence-electron chi connectivity index (χ3n) is 1.81. The van der Waals surface area contributed by atoms with Crippen molar-refractivity contribution in [2.24, 2.45) is 0 Å². The van der Waals surface area contributed by atoms with Gasteiger partial charge < -0.3 is 4.74 Å². The highest BCUT2D eigenvalue weighted by molar-refractivity contribution is 8.13. The molecule has 0 saturated carbocycles. The molecule has 0 bridgehead atoms. The molecule has 0 spiro atoms. The maximum absolute atomic E-state index is 12.5. The van der Waals surface area contributed by atoms with Crippen molar-refractivity contribution in [3.8, 4) is 5.75 Å². The summed E-state index contributed by atoms with van der Waals surface area (Å²) in [4.78, 5) is 11.8. The first-order valence-electron chi connectivity index (χ1n) is 4.51. The van der Waals surface area contributed by atoms with Gasteiger partial charge in [-0.1, -0.05) is 0 Å². The summed E-state index contributed by atoms with van der Waals surface area (Å²) >= 11 is 0. The van der Waals surface area contributed by atoms with Crippen LogP contribution in [-0.2, 0) is 9.05 Å². The van der Waals surface area contributed by atoms with Crippen LogP contribution < -0.4 is 4.74 Å². The van der Waals surface area contributed by atoms with Gasteiger partial charge in [-0.25, -0.2) is 22.2 Å². The highest BCUT2D eigenvalue weighted by atomic mass is 35.7. The number of aromatic nitrogens is 1. The van der Waals surface area contributed by atoms with Crippen LogP contribution in [0.1, 0.15) is 12.1 Å². The summed E-state index contributed by atoms with van der Waals surface area (Å²) in [6.07, 6.45) is -9.00. The van der Waals surface area contributed by atoms with E-state index in [1.807, 2.05) is 0 Å². The summed E-state index contributed by atoms with van der Waals surface area (Å²) in [6.45, 7) is 0. The molecule has 0 saturated heterocycles. The molecule has 1 aromatic rings. The molecule has 0 fully saturated rings.